The Morgan fingerprint density at radius 1 is 1.47 bits per heavy atom. The first-order chi connectivity index (χ1) is 8.74. The Bertz CT molecular complexity index is 359. The van der Waals surface area contributed by atoms with Crippen molar-refractivity contribution >= 4 is 11.9 Å². The molecule has 1 aliphatic heterocycles. The highest BCUT2D eigenvalue weighted by Gasteiger charge is 2.40. The third-order valence-corrected chi connectivity index (χ3v) is 2.87. The first-order valence-electron chi connectivity index (χ1n) is 6.56. The average Bonchev–Trinajstić information content (AvgIpc) is 2.66. The summed E-state index contributed by atoms with van der Waals surface area (Å²) in [5, 5.41) is 9.67. The van der Waals surface area contributed by atoms with Gasteiger partial charge in [-0.3, -0.25) is 9.69 Å². The number of aliphatic hydroxyl groups is 1. The van der Waals surface area contributed by atoms with Crippen LogP contribution in [0.15, 0.2) is 12.7 Å². The number of hydrogen-bond donors (Lipinski definition) is 1. The molecule has 1 fully saturated rings. The van der Waals surface area contributed by atoms with Crippen LogP contribution in [0.2, 0.25) is 0 Å². The van der Waals surface area contributed by atoms with Crippen LogP contribution in [-0.2, 0) is 9.53 Å². The molecule has 0 unspecified atom stereocenters. The fourth-order valence-corrected chi connectivity index (χ4v) is 2.05. The van der Waals surface area contributed by atoms with Gasteiger partial charge in [0.2, 0.25) is 0 Å². The third-order valence-electron chi connectivity index (χ3n) is 2.87. The molecule has 19 heavy (non-hydrogen) atoms. The van der Waals surface area contributed by atoms with E-state index in [1.165, 1.54) is 4.90 Å². The smallest absolute Gasteiger partial charge is 0.410 e. The minimum Gasteiger partial charge on any atom is -0.444 e. The lowest BCUT2D eigenvalue weighted by molar-refractivity contribution is -0.123. The zero-order chi connectivity index (χ0) is 14.6. The Kier molecular flexibility index (Phi) is 5.11. The number of amides is 1. The van der Waals surface area contributed by atoms with E-state index in [9.17, 15) is 14.7 Å². The number of hydrogen-bond acceptors (Lipinski definition) is 4. The van der Waals surface area contributed by atoms with Crippen LogP contribution in [-0.4, -0.2) is 46.2 Å². The predicted octanol–water partition coefficient (Wildman–Crippen LogP) is 1.89. The lowest BCUT2D eigenvalue weighted by Gasteiger charge is -2.27. The quantitative estimate of drug-likeness (QED) is 0.791. The molecule has 1 heterocycles. The molecule has 0 aromatic rings. The fourth-order valence-electron chi connectivity index (χ4n) is 2.05. The molecule has 0 aromatic heterocycles. The van der Waals surface area contributed by atoms with Crippen molar-refractivity contribution in [3.63, 3.8) is 0 Å². The maximum Gasteiger partial charge on any atom is 0.410 e. The van der Waals surface area contributed by atoms with Gasteiger partial charge in [-0.1, -0.05) is 6.08 Å². The Morgan fingerprint density at radius 3 is 2.63 bits per heavy atom. The molecule has 0 bridgehead atoms. The van der Waals surface area contributed by atoms with Gasteiger partial charge in [0.1, 0.15) is 5.60 Å². The molecule has 5 nitrogen and oxygen atoms in total. The van der Waals surface area contributed by atoms with E-state index in [0.29, 0.717) is 12.8 Å². The molecule has 2 atom stereocenters. The van der Waals surface area contributed by atoms with Crippen LogP contribution < -0.4 is 0 Å². The van der Waals surface area contributed by atoms with Gasteiger partial charge < -0.3 is 9.84 Å². The zero-order valence-corrected chi connectivity index (χ0v) is 11.9. The van der Waals surface area contributed by atoms with E-state index in [1.807, 2.05) is 0 Å². The topological polar surface area (TPSA) is 66.8 Å². The van der Waals surface area contributed by atoms with Gasteiger partial charge in [-0.15, -0.1) is 6.58 Å². The van der Waals surface area contributed by atoms with Crippen LogP contribution in [0.25, 0.3) is 0 Å². The molecule has 0 saturated carbocycles. The molecule has 1 saturated heterocycles. The van der Waals surface area contributed by atoms with E-state index in [0.717, 1.165) is 0 Å². The van der Waals surface area contributed by atoms with Crippen molar-refractivity contribution in [2.24, 2.45) is 0 Å². The van der Waals surface area contributed by atoms with Crippen molar-refractivity contribution in [1.29, 1.82) is 0 Å². The summed E-state index contributed by atoms with van der Waals surface area (Å²) in [6.07, 6.45) is 1.66. The van der Waals surface area contributed by atoms with E-state index >= 15 is 0 Å². The molecule has 0 aliphatic carbocycles. The lowest BCUT2D eigenvalue weighted by Crippen LogP contribution is -2.43. The summed E-state index contributed by atoms with van der Waals surface area (Å²) >= 11 is 0. The summed E-state index contributed by atoms with van der Waals surface area (Å²) in [6, 6.07) is -0.579. The lowest BCUT2D eigenvalue weighted by atomic mass is 10.1. The number of ether oxygens (including phenoxy) is 1. The molecule has 0 radical (unpaired) electrons. The van der Waals surface area contributed by atoms with Gasteiger partial charge in [0.05, 0.1) is 18.7 Å². The Morgan fingerprint density at radius 2 is 2.11 bits per heavy atom. The highest BCUT2D eigenvalue weighted by Crippen LogP contribution is 2.23. The molecule has 1 amide bonds. The standard InChI is InChI=1S/C14H23NO4/c1-5-6-7-12(17)11-8-10(16)9-15(11)13(18)19-14(2,3)4/h5,10-11,16H,1,6-9H2,2-4H3/t10-,11+/m1/s1. The van der Waals surface area contributed by atoms with Gasteiger partial charge in [0.15, 0.2) is 5.78 Å². The second kappa shape index (κ2) is 6.19. The van der Waals surface area contributed by atoms with Crippen LogP contribution in [0, 0.1) is 0 Å². The molecular formula is C14H23NO4. The first kappa shape index (κ1) is 15.7. The van der Waals surface area contributed by atoms with Crippen molar-refractivity contribution in [3.05, 3.63) is 12.7 Å². The van der Waals surface area contributed by atoms with Crippen LogP contribution in [0.5, 0.6) is 0 Å². The minimum atomic E-state index is -0.662. The van der Waals surface area contributed by atoms with Crippen molar-refractivity contribution < 1.29 is 19.4 Å². The Hall–Kier alpha value is -1.36. The van der Waals surface area contributed by atoms with Crippen LogP contribution in [0.4, 0.5) is 4.79 Å². The number of carbonyl (C=O) groups excluding carboxylic acids is 2. The number of rotatable bonds is 4. The van der Waals surface area contributed by atoms with Gasteiger partial charge in [0, 0.05) is 12.8 Å². The average molecular weight is 269 g/mol. The molecule has 1 aliphatic rings. The van der Waals surface area contributed by atoms with Gasteiger partial charge in [-0.25, -0.2) is 4.79 Å². The number of aliphatic hydroxyl groups excluding tert-OH is 1. The molecular weight excluding hydrogens is 246 g/mol. The molecule has 1 rings (SSSR count). The van der Waals surface area contributed by atoms with Crippen molar-refractivity contribution in [2.45, 2.75) is 57.8 Å². The van der Waals surface area contributed by atoms with Crippen LogP contribution in [0.3, 0.4) is 0 Å². The number of allylic oxidation sites excluding steroid dienone is 1. The second-order valence-corrected chi connectivity index (χ2v) is 5.83. The number of Topliss-reactive ketones (excluding diaryl/α,β-unsaturated/α-hetero) is 1. The molecule has 1 N–H and O–H groups in total. The Labute approximate surface area is 114 Å². The van der Waals surface area contributed by atoms with Crippen molar-refractivity contribution in [3.8, 4) is 0 Å². The van der Waals surface area contributed by atoms with E-state index in [-0.39, 0.29) is 18.7 Å². The SMILES string of the molecule is C=CCCC(=O)[C@@H]1C[C@@H](O)CN1C(=O)OC(C)(C)C. The molecule has 108 valence electrons. The van der Waals surface area contributed by atoms with Crippen LogP contribution >= 0.6 is 0 Å². The Balaban J connectivity index is 2.71. The van der Waals surface area contributed by atoms with Gasteiger partial charge >= 0.3 is 6.09 Å². The number of carbonyl (C=O) groups is 2. The highest BCUT2D eigenvalue weighted by atomic mass is 16.6. The maximum atomic E-state index is 12.0. The van der Waals surface area contributed by atoms with E-state index in [2.05, 4.69) is 6.58 Å². The summed E-state index contributed by atoms with van der Waals surface area (Å²) in [5.74, 6) is -0.0534. The summed E-state index contributed by atoms with van der Waals surface area (Å²) in [4.78, 5) is 25.4. The first-order valence-corrected chi connectivity index (χ1v) is 6.56. The third kappa shape index (κ3) is 4.67. The van der Waals surface area contributed by atoms with Gasteiger partial charge in [-0.2, -0.15) is 0 Å². The fraction of sp³-hybridized carbons (Fsp3) is 0.714. The largest absolute Gasteiger partial charge is 0.444 e. The number of likely N-dealkylation sites (tertiary alicyclic amines) is 1. The van der Waals surface area contributed by atoms with E-state index < -0.39 is 23.8 Å². The van der Waals surface area contributed by atoms with Crippen molar-refractivity contribution in [2.75, 3.05) is 6.54 Å². The van der Waals surface area contributed by atoms with Crippen LogP contribution in [0.1, 0.15) is 40.0 Å². The second-order valence-electron chi connectivity index (χ2n) is 5.83. The van der Waals surface area contributed by atoms with E-state index in [1.54, 1.807) is 26.8 Å². The molecule has 5 heteroatoms. The monoisotopic (exact) mass is 269 g/mol. The van der Waals surface area contributed by atoms with Gasteiger partial charge in [0.25, 0.3) is 0 Å². The number of β-amino-alcohol motifs (C(OH)–C–C–N with tert-alkyl or cyclic N) is 1. The maximum absolute atomic E-state index is 12.0. The summed E-state index contributed by atoms with van der Waals surface area (Å²) in [5.41, 5.74) is -0.612. The van der Waals surface area contributed by atoms with E-state index in [4.69, 9.17) is 4.74 Å². The predicted molar refractivity (Wildman–Crippen MR) is 71.8 cm³/mol. The summed E-state index contributed by atoms with van der Waals surface area (Å²) < 4.78 is 5.26. The summed E-state index contributed by atoms with van der Waals surface area (Å²) in [6.45, 7) is 9.03. The van der Waals surface area contributed by atoms with Crippen molar-refractivity contribution in [1.82, 2.24) is 4.90 Å². The highest BCUT2D eigenvalue weighted by molar-refractivity contribution is 5.88. The normalized spacial score (nSPS) is 23.3. The molecule has 0 aromatic carbocycles. The number of nitrogens with zero attached hydrogens (tertiary/aromatic N) is 1. The minimum absolute atomic E-state index is 0.0534. The molecule has 0 spiro atoms. The zero-order valence-electron chi connectivity index (χ0n) is 11.9. The summed E-state index contributed by atoms with van der Waals surface area (Å²) in [7, 11) is 0. The van der Waals surface area contributed by atoms with Gasteiger partial charge in [-0.05, 0) is 27.2 Å². The number of ketones is 1.